The maximum Gasteiger partial charge on any atom is 1.00 e. The molecule has 0 fully saturated rings. The molecule has 0 amide bonds. The van der Waals surface area contributed by atoms with Crippen LogP contribution in [0.2, 0.25) is 9.49 Å². The molecule has 0 saturated heterocycles. The third kappa shape index (κ3) is 2.89. The summed E-state index contributed by atoms with van der Waals surface area (Å²) in [5, 5.41) is 0.307. The van der Waals surface area contributed by atoms with E-state index in [0.717, 1.165) is 0 Å². The van der Waals surface area contributed by atoms with E-state index in [9.17, 15) is 0 Å². The van der Waals surface area contributed by atoms with Crippen LogP contribution in [0.5, 0.6) is 0 Å². The van der Waals surface area contributed by atoms with Crippen LogP contribution in [0.3, 0.4) is 0 Å². The Morgan fingerprint density at radius 2 is 2.00 bits per heavy atom. The van der Waals surface area contributed by atoms with Crippen molar-refractivity contribution in [2.75, 3.05) is 0 Å². The average Bonchev–Trinajstić information content (AvgIpc) is 1.85. The molecule has 1 aromatic rings. The minimum absolute atomic E-state index is 0. The molecular formula is C3Cl2NNaS2. The summed E-state index contributed by atoms with van der Waals surface area (Å²) >= 11 is 16.8. The fraction of sp³-hybridized carbons (Fsp3) is 0. The third-order valence-corrected chi connectivity index (χ3v) is 2.40. The van der Waals surface area contributed by atoms with Gasteiger partial charge in [-0.1, -0.05) is 23.2 Å². The van der Waals surface area contributed by atoms with Crippen molar-refractivity contribution >= 4 is 47.2 Å². The van der Waals surface area contributed by atoms with Gasteiger partial charge in [-0.2, -0.15) is 0 Å². The molecule has 44 valence electrons. The summed E-state index contributed by atoms with van der Waals surface area (Å²) in [7, 11) is 0. The molecule has 0 bridgehead atoms. The van der Waals surface area contributed by atoms with Crippen molar-refractivity contribution in [1.82, 2.24) is 4.98 Å². The molecule has 0 saturated carbocycles. The first-order valence-corrected chi connectivity index (χ1v) is 3.67. The van der Waals surface area contributed by atoms with Gasteiger partial charge in [-0.25, -0.2) is 0 Å². The molecule has 0 N–H and O–H groups in total. The van der Waals surface area contributed by atoms with Crippen molar-refractivity contribution in [2.45, 2.75) is 4.34 Å². The van der Waals surface area contributed by atoms with Crippen LogP contribution >= 0.6 is 34.5 Å². The van der Waals surface area contributed by atoms with Gasteiger partial charge in [0.1, 0.15) is 5.15 Å². The molecular weight excluding hydrogens is 208 g/mol. The molecule has 0 spiro atoms. The topological polar surface area (TPSA) is 12.9 Å². The van der Waals surface area contributed by atoms with E-state index >= 15 is 0 Å². The Morgan fingerprint density at radius 1 is 1.44 bits per heavy atom. The first-order chi connectivity index (χ1) is 3.70. The van der Waals surface area contributed by atoms with Crippen LogP contribution in [0.4, 0.5) is 0 Å². The van der Waals surface area contributed by atoms with Gasteiger partial charge in [-0.15, -0.1) is 0 Å². The number of aromatic nitrogens is 1. The maximum absolute atomic E-state index is 5.49. The Kier molecular flexibility index (Phi) is 5.03. The zero-order valence-corrected chi connectivity index (χ0v) is 9.66. The van der Waals surface area contributed by atoms with Crippen molar-refractivity contribution in [1.29, 1.82) is 0 Å². The number of hydrogen-bond donors (Lipinski definition) is 0. The molecule has 9 heavy (non-hydrogen) atoms. The van der Waals surface area contributed by atoms with E-state index in [-0.39, 0.29) is 29.6 Å². The first kappa shape index (κ1) is 10.4. The Hall–Kier alpha value is 1.43. The normalized spacial score (nSPS) is 8.67. The van der Waals surface area contributed by atoms with Gasteiger partial charge in [-0.3, -0.25) is 4.98 Å². The predicted octanol–water partition coefficient (Wildman–Crippen LogP) is -0.640. The zero-order chi connectivity index (χ0) is 6.15. The molecule has 1 rings (SSSR count). The Bertz CT molecular complexity index is 182. The smallest absolute Gasteiger partial charge is 0.408 e. The Morgan fingerprint density at radius 3 is 2.11 bits per heavy atom. The van der Waals surface area contributed by atoms with E-state index in [4.69, 9.17) is 23.2 Å². The standard InChI is InChI=1S/C3HCl2NS2.Na/c4-1-2(5)8-3(7)6-1;/h(H,6,7);/q;+1/p-1. The predicted molar refractivity (Wildman–Crippen MR) is 37.8 cm³/mol. The van der Waals surface area contributed by atoms with Gasteiger partial charge in [0.15, 0.2) is 0 Å². The largest absolute Gasteiger partial charge is 1.00 e. The van der Waals surface area contributed by atoms with Crippen LogP contribution in [0.25, 0.3) is 0 Å². The third-order valence-electron chi connectivity index (χ3n) is 0.529. The van der Waals surface area contributed by atoms with Crippen LogP contribution in [0.15, 0.2) is 4.34 Å². The van der Waals surface area contributed by atoms with Gasteiger partial charge in [0.2, 0.25) is 0 Å². The summed E-state index contributed by atoms with van der Waals surface area (Å²) in [5.41, 5.74) is 0. The fourth-order valence-electron chi connectivity index (χ4n) is 0.266. The van der Waals surface area contributed by atoms with Gasteiger partial charge in [0, 0.05) is 4.34 Å². The quantitative estimate of drug-likeness (QED) is 0.415. The Labute approximate surface area is 94.5 Å². The second-order valence-corrected chi connectivity index (χ2v) is 3.65. The average molecular weight is 208 g/mol. The molecule has 0 aromatic carbocycles. The number of thiazole rings is 1. The number of halogens is 2. The second kappa shape index (κ2) is 4.34. The van der Waals surface area contributed by atoms with E-state index in [2.05, 4.69) is 17.6 Å². The molecule has 0 aliphatic rings. The SMILES string of the molecule is [Na+].[S-]c1nc(Cl)c(Cl)s1. The minimum atomic E-state index is 0. The monoisotopic (exact) mass is 207 g/mol. The zero-order valence-electron chi connectivity index (χ0n) is 4.52. The summed E-state index contributed by atoms with van der Waals surface area (Å²) in [6, 6.07) is 0. The van der Waals surface area contributed by atoms with E-state index in [0.29, 0.717) is 13.8 Å². The van der Waals surface area contributed by atoms with Crippen LogP contribution < -0.4 is 29.6 Å². The van der Waals surface area contributed by atoms with Crippen LogP contribution in [-0.4, -0.2) is 4.98 Å². The van der Waals surface area contributed by atoms with E-state index < -0.39 is 0 Å². The van der Waals surface area contributed by atoms with E-state index in [1.54, 1.807) is 0 Å². The van der Waals surface area contributed by atoms with Gasteiger partial charge >= 0.3 is 29.6 Å². The first-order valence-electron chi connectivity index (χ1n) is 1.69. The molecule has 1 aromatic heterocycles. The fourth-order valence-corrected chi connectivity index (χ4v) is 1.73. The summed E-state index contributed by atoms with van der Waals surface area (Å²) in [6.45, 7) is 0. The van der Waals surface area contributed by atoms with Gasteiger partial charge in [0.25, 0.3) is 0 Å². The molecule has 6 heteroatoms. The number of nitrogens with zero attached hydrogens (tertiary/aromatic N) is 1. The molecule has 1 nitrogen and oxygen atoms in total. The van der Waals surface area contributed by atoms with Gasteiger partial charge < -0.3 is 24.0 Å². The van der Waals surface area contributed by atoms with Gasteiger partial charge in [0.05, 0.1) is 0 Å². The molecule has 0 atom stereocenters. The Balaban J connectivity index is 0.000000640. The maximum atomic E-state index is 5.49. The number of hydrogen-bond acceptors (Lipinski definition) is 3. The molecule has 0 radical (unpaired) electrons. The van der Waals surface area contributed by atoms with Crippen molar-refractivity contribution in [3.63, 3.8) is 0 Å². The van der Waals surface area contributed by atoms with Gasteiger partial charge in [-0.05, 0) is 4.34 Å². The van der Waals surface area contributed by atoms with E-state index in [1.165, 1.54) is 11.3 Å². The second-order valence-electron chi connectivity index (χ2n) is 1.04. The van der Waals surface area contributed by atoms with Crippen molar-refractivity contribution in [3.8, 4) is 0 Å². The molecule has 0 unspecified atom stereocenters. The summed E-state index contributed by atoms with van der Waals surface area (Å²) < 4.78 is 0.955. The molecule has 1 heterocycles. The summed E-state index contributed by atoms with van der Waals surface area (Å²) in [6.07, 6.45) is 0. The number of rotatable bonds is 0. The van der Waals surface area contributed by atoms with Crippen molar-refractivity contribution in [3.05, 3.63) is 9.49 Å². The molecule has 0 aliphatic carbocycles. The van der Waals surface area contributed by atoms with Crippen LogP contribution in [0, 0.1) is 0 Å². The summed E-state index contributed by atoms with van der Waals surface area (Å²) in [5.74, 6) is 0. The van der Waals surface area contributed by atoms with Crippen LogP contribution in [-0.2, 0) is 12.6 Å². The molecule has 0 aliphatic heterocycles. The van der Waals surface area contributed by atoms with E-state index in [1.807, 2.05) is 0 Å². The van der Waals surface area contributed by atoms with Crippen molar-refractivity contribution in [2.24, 2.45) is 0 Å². The summed E-state index contributed by atoms with van der Waals surface area (Å²) in [4.78, 5) is 3.68. The minimum Gasteiger partial charge on any atom is -0.408 e. The van der Waals surface area contributed by atoms with Crippen LogP contribution in [0.1, 0.15) is 0 Å². The van der Waals surface area contributed by atoms with Crippen molar-refractivity contribution < 1.29 is 29.6 Å².